The number of aryl methyl sites for hydroxylation is 1. The average Bonchev–Trinajstić information content (AvgIpc) is 3.31. The van der Waals surface area contributed by atoms with Crippen molar-refractivity contribution in [2.45, 2.75) is 13.0 Å². The molecular formula is C20H19N5. The van der Waals surface area contributed by atoms with Crippen LogP contribution in [0.15, 0.2) is 73.3 Å². The van der Waals surface area contributed by atoms with Crippen LogP contribution in [0.5, 0.6) is 0 Å². The minimum Gasteiger partial charge on any atom is -0.321 e. The number of benzene rings is 2. The third-order valence-electron chi connectivity index (χ3n) is 4.46. The van der Waals surface area contributed by atoms with Gasteiger partial charge in [-0.1, -0.05) is 54.6 Å². The molecule has 0 saturated heterocycles. The van der Waals surface area contributed by atoms with Gasteiger partial charge in [0.25, 0.3) is 0 Å². The number of imidazole rings is 1. The standard InChI is InChI=1S/C20H19N5/c1-15(19-23-22-14-24(19)2)25-13-12-21-20(25)18-11-7-6-10-17(18)16-8-4-3-5-9-16/h3-15H,1-2H3/t15-/m0/s1. The summed E-state index contributed by atoms with van der Waals surface area (Å²) in [4.78, 5) is 4.64. The highest BCUT2D eigenvalue weighted by Gasteiger charge is 2.19. The molecular weight excluding hydrogens is 310 g/mol. The van der Waals surface area contributed by atoms with Gasteiger partial charge in [0.1, 0.15) is 12.2 Å². The first-order valence-electron chi connectivity index (χ1n) is 8.27. The highest BCUT2D eigenvalue weighted by molar-refractivity contribution is 5.80. The number of hydrogen-bond acceptors (Lipinski definition) is 3. The molecule has 0 aliphatic heterocycles. The minimum absolute atomic E-state index is 0.0360. The fraction of sp³-hybridized carbons (Fsp3) is 0.150. The van der Waals surface area contributed by atoms with Crippen molar-refractivity contribution in [2.75, 3.05) is 0 Å². The second-order valence-electron chi connectivity index (χ2n) is 6.05. The maximum Gasteiger partial charge on any atom is 0.155 e. The van der Waals surface area contributed by atoms with Gasteiger partial charge in [0.05, 0.1) is 6.04 Å². The summed E-state index contributed by atoms with van der Waals surface area (Å²) in [5, 5.41) is 8.25. The minimum atomic E-state index is 0.0360. The van der Waals surface area contributed by atoms with Gasteiger partial charge in [-0.15, -0.1) is 10.2 Å². The lowest BCUT2D eigenvalue weighted by Crippen LogP contribution is -2.12. The molecule has 4 rings (SSSR count). The summed E-state index contributed by atoms with van der Waals surface area (Å²) in [5.74, 6) is 1.83. The van der Waals surface area contributed by atoms with Crippen LogP contribution in [0.3, 0.4) is 0 Å². The van der Waals surface area contributed by atoms with E-state index < -0.39 is 0 Å². The zero-order valence-corrected chi connectivity index (χ0v) is 14.2. The second kappa shape index (κ2) is 6.36. The Morgan fingerprint density at radius 1 is 0.920 bits per heavy atom. The molecule has 0 fully saturated rings. The Balaban J connectivity index is 1.83. The van der Waals surface area contributed by atoms with E-state index in [0.717, 1.165) is 17.2 Å². The molecule has 0 amide bonds. The van der Waals surface area contributed by atoms with Crippen molar-refractivity contribution in [3.8, 4) is 22.5 Å². The summed E-state index contributed by atoms with van der Waals surface area (Å²) in [6.45, 7) is 2.11. The molecule has 2 aromatic heterocycles. The predicted molar refractivity (Wildman–Crippen MR) is 97.9 cm³/mol. The topological polar surface area (TPSA) is 48.5 Å². The van der Waals surface area contributed by atoms with Gasteiger partial charge in [-0.25, -0.2) is 4.98 Å². The van der Waals surface area contributed by atoms with E-state index in [1.165, 1.54) is 11.1 Å². The lowest BCUT2D eigenvalue weighted by atomic mass is 9.99. The van der Waals surface area contributed by atoms with Crippen LogP contribution in [-0.4, -0.2) is 24.3 Å². The Morgan fingerprint density at radius 3 is 2.36 bits per heavy atom. The van der Waals surface area contributed by atoms with Crippen molar-refractivity contribution in [1.29, 1.82) is 0 Å². The molecule has 0 aliphatic rings. The van der Waals surface area contributed by atoms with Crippen LogP contribution in [0.2, 0.25) is 0 Å². The lowest BCUT2D eigenvalue weighted by molar-refractivity contribution is 0.579. The fourth-order valence-electron chi connectivity index (χ4n) is 3.18. The van der Waals surface area contributed by atoms with Crippen molar-refractivity contribution in [3.63, 3.8) is 0 Å². The molecule has 0 N–H and O–H groups in total. The van der Waals surface area contributed by atoms with E-state index in [-0.39, 0.29) is 6.04 Å². The fourth-order valence-corrected chi connectivity index (χ4v) is 3.18. The van der Waals surface area contributed by atoms with E-state index in [9.17, 15) is 0 Å². The van der Waals surface area contributed by atoms with Crippen LogP contribution in [-0.2, 0) is 7.05 Å². The molecule has 124 valence electrons. The normalized spacial score (nSPS) is 12.2. The van der Waals surface area contributed by atoms with Gasteiger partial charge in [0.2, 0.25) is 0 Å². The summed E-state index contributed by atoms with van der Waals surface area (Å²) < 4.78 is 4.09. The quantitative estimate of drug-likeness (QED) is 0.569. The Hall–Kier alpha value is -3.21. The highest BCUT2D eigenvalue weighted by atomic mass is 15.3. The van der Waals surface area contributed by atoms with Gasteiger partial charge < -0.3 is 9.13 Å². The van der Waals surface area contributed by atoms with Crippen LogP contribution < -0.4 is 0 Å². The van der Waals surface area contributed by atoms with Crippen LogP contribution in [0, 0.1) is 0 Å². The van der Waals surface area contributed by atoms with Gasteiger partial charge >= 0.3 is 0 Å². The van der Waals surface area contributed by atoms with Gasteiger partial charge in [-0.05, 0) is 18.1 Å². The summed E-state index contributed by atoms with van der Waals surface area (Å²) in [6.07, 6.45) is 5.56. The largest absolute Gasteiger partial charge is 0.321 e. The molecule has 0 unspecified atom stereocenters. The molecule has 1 atom stereocenters. The molecule has 0 aliphatic carbocycles. The Bertz CT molecular complexity index is 984. The molecule has 0 bridgehead atoms. The Labute approximate surface area is 146 Å². The first-order chi connectivity index (χ1) is 12.3. The Morgan fingerprint density at radius 2 is 1.64 bits per heavy atom. The maximum atomic E-state index is 4.64. The van der Waals surface area contributed by atoms with Crippen LogP contribution in [0.1, 0.15) is 18.8 Å². The predicted octanol–water partition coefficient (Wildman–Crippen LogP) is 3.95. The van der Waals surface area contributed by atoms with E-state index in [1.54, 1.807) is 6.33 Å². The van der Waals surface area contributed by atoms with E-state index in [2.05, 4.69) is 69.1 Å². The zero-order valence-electron chi connectivity index (χ0n) is 14.2. The zero-order chi connectivity index (χ0) is 17.2. The van der Waals surface area contributed by atoms with Crippen molar-refractivity contribution in [1.82, 2.24) is 24.3 Å². The summed E-state index contributed by atoms with van der Waals surface area (Å²) in [7, 11) is 1.96. The first-order valence-corrected chi connectivity index (χ1v) is 8.27. The highest BCUT2D eigenvalue weighted by Crippen LogP contribution is 2.32. The van der Waals surface area contributed by atoms with E-state index in [0.29, 0.717) is 0 Å². The number of aromatic nitrogens is 5. The number of nitrogens with zero attached hydrogens (tertiary/aromatic N) is 5. The van der Waals surface area contributed by atoms with Gasteiger partial charge in [0.15, 0.2) is 5.82 Å². The molecule has 4 aromatic rings. The first kappa shape index (κ1) is 15.3. The van der Waals surface area contributed by atoms with Crippen molar-refractivity contribution < 1.29 is 0 Å². The van der Waals surface area contributed by atoms with Crippen molar-refractivity contribution in [3.05, 3.63) is 79.1 Å². The van der Waals surface area contributed by atoms with E-state index in [1.807, 2.05) is 36.1 Å². The average molecular weight is 329 g/mol. The lowest BCUT2D eigenvalue weighted by Gasteiger charge is -2.17. The molecule has 5 heteroatoms. The number of hydrogen-bond donors (Lipinski definition) is 0. The van der Waals surface area contributed by atoms with Crippen LogP contribution in [0.4, 0.5) is 0 Å². The third kappa shape index (κ3) is 2.74. The second-order valence-corrected chi connectivity index (χ2v) is 6.05. The van der Waals surface area contributed by atoms with Crippen LogP contribution >= 0.6 is 0 Å². The maximum absolute atomic E-state index is 4.64. The van der Waals surface area contributed by atoms with Crippen LogP contribution in [0.25, 0.3) is 22.5 Å². The van der Waals surface area contributed by atoms with Gasteiger partial charge in [0, 0.05) is 25.0 Å². The molecule has 2 heterocycles. The van der Waals surface area contributed by atoms with Crippen molar-refractivity contribution in [2.24, 2.45) is 7.05 Å². The van der Waals surface area contributed by atoms with E-state index in [4.69, 9.17) is 0 Å². The monoisotopic (exact) mass is 329 g/mol. The molecule has 2 aromatic carbocycles. The van der Waals surface area contributed by atoms with Crippen molar-refractivity contribution >= 4 is 0 Å². The molecule has 0 spiro atoms. The molecule has 25 heavy (non-hydrogen) atoms. The molecule has 5 nitrogen and oxygen atoms in total. The van der Waals surface area contributed by atoms with Gasteiger partial charge in [-0.2, -0.15) is 0 Å². The number of rotatable bonds is 4. The summed E-state index contributed by atoms with van der Waals surface area (Å²) >= 11 is 0. The van der Waals surface area contributed by atoms with Gasteiger partial charge in [-0.3, -0.25) is 0 Å². The van der Waals surface area contributed by atoms with E-state index >= 15 is 0 Å². The molecule has 0 radical (unpaired) electrons. The smallest absolute Gasteiger partial charge is 0.155 e. The summed E-state index contributed by atoms with van der Waals surface area (Å²) in [6, 6.07) is 18.8. The SMILES string of the molecule is C[C@@H](c1nncn1C)n1ccnc1-c1ccccc1-c1ccccc1. The summed E-state index contributed by atoms with van der Waals surface area (Å²) in [5.41, 5.74) is 3.45. The third-order valence-corrected chi connectivity index (χ3v) is 4.46. The Kier molecular flexibility index (Phi) is 3.90. The molecule has 0 saturated carbocycles.